The Morgan fingerprint density at radius 2 is 1.46 bits per heavy atom. The van der Waals surface area contributed by atoms with E-state index < -0.39 is 44.5 Å². The van der Waals surface area contributed by atoms with Gasteiger partial charge in [0.2, 0.25) is 14.2 Å². The molecule has 6 nitrogen and oxygen atoms in total. The van der Waals surface area contributed by atoms with Gasteiger partial charge in [-0.05, 0) is 34.2 Å². The van der Waals surface area contributed by atoms with Crippen LogP contribution >= 0.6 is 0 Å². The Bertz CT molecular complexity index is 1010. The zero-order valence-electron chi connectivity index (χ0n) is 23.3. The highest BCUT2D eigenvalue weighted by Gasteiger charge is 2.50. The summed E-state index contributed by atoms with van der Waals surface area (Å²) < 4.78 is 12.3. The maximum atomic E-state index is 13.7. The number of nitrogens with zero attached hydrogens (tertiary/aromatic N) is 1. The lowest BCUT2D eigenvalue weighted by atomic mass is 9.93. The molecule has 202 valence electrons. The van der Waals surface area contributed by atoms with Crippen molar-refractivity contribution in [3.63, 3.8) is 0 Å². The largest absolute Gasteiger partial charge is 0.447 e. The standard InChI is InChI=1S/C30H43NO5Si/c1-20(2)37(21(3)4,22(5)6)36-28(25-16-12-9-13-17-25)27(32)23(7)29(33)31-26(19-35-30(31)34)18-24-14-10-8-11-15-24/h8-17,20-23,26-28,32H,18-19H2,1-7H3/t23-,26+,27-,28+/m0/s1. The number of aliphatic hydroxyl groups excluding tert-OH is 1. The Balaban J connectivity index is 1.92. The van der Waals surface area contributed by atoms with Crippen molar-refractivity contribution in [2.75, 3.05) is 6.61 Å². The summed E-state index contributed by atoms with van der Waals surface area (Å²) in [5.41, 5.74) is 2.77. The maximum absolute atomic E-state index is 13.7. The number of ether oxygens (including phenoxy) is 1. The zero-order valence-corrected chi connectivity index (χ0v) is 24.3. The van der Waals surface area contributed by atoms with Gasteiger partial charge in [-0.3, -0.25) is 4.79 Å². The number of imide groups is 1. The second-order valence-corrected chi connectivity index (χ2v) is 16.6. The van der Waals surface area contributed by atoms with Crippen molar-refractivity contribution < 1.29 is 23.9 Å². The molecule has 1 aliphatic heterocycles. The molecule has 1 saturated heterocycles. The van der Waals surface area contributed by atoms with Gasteiger partial charge >= 0.3 is 6.09 Å². The highest BCUT2D eigenvalue weighted by molar-refractivity contribution is 6.77. The van der Waals surface area contributed by atoms with Gasteiger partial charge in [-0.1, -0.05) is 109 Å². The zero-order chi connectivity index (χ0) is 27.3. The molecule has 37 heavy (non-hydrogen) atoms. The first-order valence-corrected chi connectivity index (χ1v) is 15.6. The molecule has 1 N–H and O–H groups in total. The summed E-state index contributed by atoms with van der Waals surface area (Å²) in [6, 6.07) is 19.0. The SMILES string of the molecule is CC(C)[Si](O[C@H](c1ccccc1)[C@@H](O)[C@H](C)C(=O)N1C(=O)OC[C@H]1Cc1ccccc1)(C(C)C)C(C)C. The molecule has 0 spiro atoms. The Hall–Kier alpha value is -2.48. The Labute approximate surface area is 223 Å². The van der Waals surface area contributed by atoms with E-state index in [9.17, 15) is 14.7 Å². The molecule has 0 aromatic heterocycles. The quantitative estimate of drug-likeness (QED) is 0.339. The van der Waals surface area contributed by atoms with Crippen LogP contribution in [-0.4, -0.2) is 49.1 Å². The fourth-order valence-corrected chi connectivity index (χ4v) is 11.5. The van der Waals surface area contributed by atoms with Crippen LogP contribution in [0.1, 0.15) is 65.7 Å². The first-order chi connectivity index (χ1) is 17.5. The third-order valence-electron chi connectivity index (χ3n) is 7.89. The molecule has 0 bridgehead atoms. The van der Waals surface area contributed by atoms with E-state index in [1.165, 1.54) is 4.90 Å². The molecule has 0 unspecified atom stereocenters. The summed E-state index contributed by atoms with van der Waals surface area (Å²) in [5, 5.41) is 11.7. The summed E-state index contributed by atoms with van der Waals surface area (Å²) in [7, 11) is -2.40. The van der Waals surface area contributed by atoms with Crippen LogP contribution in [-0.2, 0) is 20.4 Å². The van der Waals surface area contributed by atoms with Crippen molar-refractivity contribution in [2.24, 2.45) is 5.92 Å². The van der Waals surface area contributed by atoms with Crippen LogP contribution in [0.2, 0.25) is 16.6 Å². The van der Waals surface area contributed by atoms with Crippen LogP contribution in [0.3, 0.4) is 0 Å². The molecule has 0 saturated carbocycles. The number of amides is 2. The maximum Gasteiger partial charge on any atom is 0.416 e. The Kier molecular flexibility index (Phi) is 9.72. The fourth-order valence-electron chi connectivity index (χ4n) is 6.00. The molecule has 1 heterocycles. The van der Waals surface area contributed by atoms with Gasteiger partial charge in [0.1, 0.15) is 6.61 Å². The first kappa shape index (κ1) is 29.1. The van der Waals surface area contributed by atoms with E-state index in [-0.39, 0.29) is 6.61 Å². The topological polar surface area (TPSA) is 76.1 Å². The van der Waals surface area contributed by atoms with E-state index in [4.69, 9.17) is 9.16 Å². The van der Waals surface area contributed by atoms with Crippen LogP contribution in [0.15, 0.2) is 60.7 Å². The van der Waals surface area contributed by atoms with E-state index >= 15 is 0 Å². The summed E-state index contributed by atoms with van der Waals surface area (Å²) in [6.07, 6.45) is -1.98. The van der Waals surface area contributed by atoms with Crippen molar-refractivity contribution in [2.45, 2.75) is 89.8 Å². The van der Waals surface area contributed by atoms with Gasteiger partial charge in [-0.25, -0.2) is 9.69 Å². The molecule has 1 aliphatic rings. The molecular weight excluding hydrogens is 482 g/mol. The van der Waals surface area contributed by atoms with E-state index in [1.807, 2.05) is 60.7 Å². The minimum atomic E-state index is -2.40. The van der Waals surface area contributed by atoms with Crippen molar-refractivity contribution in [3.05, 3.63) is 71.8 Å². The average Bonchev–Trinajstić information content (AvgIpc) is 3.23. The number of rotatable bonds is 11. The van der Waals surface area contributed by atoms with Gasteiger partial charge in [-0.15, -0.1) is 0 Å². The molecule has 3 rings (SSSR count). The Morgan fingerprint density at radius 3 is 1.97 bits per heavy atom. The predicted molar refractivity (Wildman–Crippen MR) is 149 cm³/mol. The molecule has 2 aromatic rings. The van der Waals surface area contributed by atoms with Gasteiger partial charge in [0, 0.05) is 0 Å². The number of benzene rings is 2. The molecule has 2 aromatic carbocycles. The van der Waals surface area contributed by atoms with E-state index in [2.05, 4.69) is 41.5 Å². The van der Waals surface area contributed by atoms with Crippen LogP contribution in [0.4, 0.5) is 4.79 Å². The molecule has 1 fully saturated rings. The molecule has 0 aliphatic carbocycles. The van der Waals surface area contributed by atoms with Gasteiger partial charge in [0.15, 0.2) is 0 Å². The molecule has 7 heteroatoms. The smallest absolute Gasteiger partial charge is 0.416 e. The van der Waals surface area contributed by atoms with Crippen molar-refractivity contribution >= 4 is 20.3 Å². The summed E-state index contributed by atoms with van der Waals surface area (Å²) in [4.78, 5) is 27.6. The summed E-state index contributed by atoms with van der Waals surface area (Å²) >= 11 is 0. The number of hydrogen-bond acceptors (Lipinski definition) is 5. The van der Waals surface area contributed by atoms with Crippen molar-refractivity contribution in [3.8, 4) is 0 Å². The highest BCUT2D eigenvalue weighted by atomic mass is 28.4. The number of hydrogen-bond donors (Lipinski definition) is 1. The van der Waals surface area contributed by atoms with Crippen molar-refractivity contribution in [1.29, 1.82) is 0 Å². The van der Waals surface area contributed by atoms with E-state index in [0.717, 1.165) is 11.1 Å². The second kappa shape index (κ2) is 12.4. The molecule has 4 atom stereocenters. The van der Waals surface area contributed by atoms with Gasteiger partial charge in [-0.2, -0.15) is 0 Å². The minimum absolute atomic E-state index is 0.144. The lowest BCUT2D eigenvalue weighted by molar-refractivity contribution is -0.139. The number of aliphatic hydroxyl groups is 1. The molecular formula is C30H43NO5Si. The Morgan fingerprint density at radius 1 is 0.946 bits per heavy atom. The van der Waals surface area contributed by atoms with Crippen LogP contribution in [0, 0.1) is 5.92 Å². The predicted octanol–water partition coefficient (Wildman–Crippen LogP) is 6.51. The lowest BCUT2D eigenvalue weighted by Crippen LogP contribution is -2.52. The molecule has 0 radical (unpaired) electrons. The van der Waals surface area contributed by atoms with Gasteiger partial charge in [0.05, 0.1) is 24.2 Å². The van der Waals surface area contributed by atoms with Gasteiger partial charge < -0.3 is 14.3 Å². The highest BCUT2D eigenvalue weighted by Crippen LogP contribution is 2.46. The van der Waals surface area contributed by atoms with Crippen LogP contribution in [0.25, 0.3) is 0 Å². The van der Waals surface area contributed by atoms with Crippen molar-refractivity contribution in [1.82, 2.24) is 4.90 Å². The molecule has 2 amide bonds. The van der Waals surface area contributed by atoms with E-state index in [1.54, 1.807) is 6.92 Å². The van der Waals surface area contributed by atoms with Crippen LogP contribution in [0.5, 0.6) is 0 Å². The fraction of sp³-hybridized carbons (Fsp3) is 0.533. The number of carbonyl (C=O) groups excluding carboxylic acids is 2. The monoisotopic (exact) mass is 525 g/mol. The number of cyclic esters (lactones) is 1. The van der Waals surface area contributed by atoms with E-state index in [0.29, 0.717) is 23.0 Å². The third kappa shape index (κ3) is 6.16. The lowest BCUT2D eigenvalue weighted by Gasteiger charge is -2.46. The minimum Gasteiger partial charge on any atom is -0.447 e. The van der Waals surface area contributed by atoms with Crippen LogP contribution < -0.4 is 0 Å². The third-order valence-corrected chi connectivity index (χ3v) is 14.0. The first-order valence-electron chi connectivity index (χ1n) is 13.4. The normalized spacial score (nSPS) is 18.8. The van der Waals surface area contributed by atoms with Gasteiger partial charge in [0.25, 0.3) is 0 Å². The number of carbonyl (C=O) groups is 2. The summed E-state index contributed by atoms with van der Waals surface area (Å²) in [5.74, 6) is -1.31. The second-order valence-electron chi connectivity index (χ2n) is 11.2. The average molecular weight is 526 g/mol. The summed E-state index contributed by atoms with van der Waals surface area (Å²) in [6.45, 7) is 15.0.